The van der Waals surface area contributed by atoms with Crippen LogP contribution in [0, 0.1) is 0 Å². The molecule has 0 saturated heterocycles. The van der Waals surface area contributed by atoms with E-state index in [2.05, 4.69) is 5.32 Å². The van der Waals surface area contributed by atoms with Crippen molar-refractivity contribution in [3.8, 4) is 0 Å². The van der Waals surface area contributed by atoms with Crippen molar-refractivity contribution in [1.29, 1.82) is 0 Å². The van der Waals surface area contributed by atoms with Gasteiger partial charge in [0.2, 0.25) is 5.91 Å². The third-order valence-electron chi connectivity index (χ3n) is 2.49. The minimum atomic E-state index is -0.871. The molecule has 0 aliphatic carbocycles. The molecular weight excluding hydrogens is 238 g/mol. The highest BCUT2D eigenvalue weighted by Gasteiger charge is 2.14. The lowest BCUT2D eigenvalue weighted by Gasteiger charge is -2.24. The largest absolute Gasteiger partial charge is 0.481 e. The Hall–Kier alpha value is -1.79. The topological polar surface area (TPSA) is 90.0 Å². The molecule has 7 nitrogen and oxygen atoms in total. The van der Waals surface area contributed by atoms with Gasteiger partial charge in [0.1, 0.15) is 0 Å². The van der Waals surface area contributed by atoms with Crippen LogP contribution in [0.3, 0.4) is 0 Å². The lowest BCUT2D eigenvalue weighted by Crippen LogP contribution is -2.40. The number of carboxylic acids is 1. The fourth-order valence-electron chi connectivity index (χ4n) is 1.34. The Labute approximate surface area is 107 Å². The number of carbonyl (C=O) groups excluding carboxylic acids is 2. The summed E-state index contributed by atoms with van der Waals surface area (Å²) in [6.45, 7) is 0.719. The Morgan fingerprint density at radius 3 is 2.11 bits per heavy atom. The molecule has 0 atom stereocenters. The Morgan fingerprint density at radius 1 is 1.06 bits per heavy atom. The molecule has 0 aromatic carbocycles. The predicted octanol–water partition coefficient (Wildman–Crippen LogP) is -0.0291. The second kappa shape index (κ2) is 8.32. The maximum atomic E-state index is 11.8. The van der Waals surface area contributed by atoms with Crippen molar-refractivity contribution in [2.75, 3.05) is 34.2 Å². The van der Waals surface area contributed by atoms with E-state index in [-0.39, 0.29) is 24.8 Å². The Balaban J connectivity index is 3.96. The van der Waals surface area contributed by atoms with Crippen LogP contribution in [0.4, 0.5) is 4.79 Å². The van der Waals surface area contributed by atoms with E-state index in [0.29, 0.717) is 19.5 Å². The molecule has 0 spiro atoms. The second-order valence-electron chi connectivity index (χ2n) is 4.05. The SMILES string of the molecule is CNC(=O)CCN(C)C(=O)N(C)CCCC(=O)O. The quantitative estimate of drug-likeness (QED) is 0.672. The van der Waals surface area contributed by atoms with Crippen LogP contribution in [0.5, 0.6) is 0 Å². The van der Waals surface area contributed by atoms with Crippen LogP contribution in [-0.2, 0) is 9.59 Å². The van der Waals surface area contributed by atoms with Crippen molar-refractivity contribution < 1.29 is 19.5 Å². The number of amides is 3. The number of hydrogen-bond donors (Lipinski definition) is 2. The molecule has 2 N–H and O–H groups in total. The molecule has 0 rings (SSSR count). The molecular formula is C11H21N3O4. The average molecular weight is 259 g/mol. The first kappa shape index (κ1) is 16.2. The number of nitrogens with one attached hydrogen (secondary N) is 1. The van der Waals surface area contributed by atoms with Gasteiger partial charge in [0, 0.05) is 47.1 Å². The highest BCUT2D eigenvalue weighted by Crippen LogP contribution is 1.99. The molecule has 0 saturated carbocycles. The smallest absolute Gasteiger partial charge is 0.319 e. The molecule has 0 fully saturated rings. The highest BCUT2D eigenvalue weighted by molar-refractivity contribution is 5.77. The zero-order chi connectivity index (χ0) is 14.1. The molecule has 0 heterocycles. The Morgan fingerprint density at radius 2 is 1.61 bits per heavy atom. The van der Waals surface area contributed by atoms with Crippen LogP contribution in [-0.4, -0.2) is 67.0 Å². The van der Waals surface area contributed by atoms with Crippen LogP contribution in [0.2, 0.25) is 0 Å². The van der Waals surface area contributed by atoms with Gasteiger partial charge in [-0.15, -0.1) is 0 Å². The van der Waals surface area contributed by atoms with E-state index in [0.717, 1.165) is 0 Å². The summed E-state index contributed by atoms with van der Waals surface area (Å²) in [5, 5.41) is 11.0. The van der Waals surface area contributed by atoms with E-state index in [1.807, 2.05) is 0 Å². The van der Waals surface area contributed by atoms with Gasteiger partial charge in [-0.25, -0.2) is 4.79 Å². The summed E-state index contributed by atoms with van der Waals surface area (Å²) < 4.78 is 0. The third-order valence-corrected chi connectivity index (χ3v) is 2.49. The van der Waals surface area contributed by atoms with Gasteiger partial charge in [0.15, 0.2) is 0 Å². The van der Waals surface area contributed by atoms with Crippen molar-refractivity contribution >= 4 is 17.9 Å². The number of nitrogens with zero attached hydrogens (tertiary/aromatic N) is 2. The van der Waals surface area contributed by atoms with Crippen molar-refractivity contribution in [3.05, 3.63) is 0 Å². The Kier molecular flexibility index (Phi) is 7.50. The van der Waals surface area contributed by atoms with Gasteiger partial charge in [0.05, 0.1) is 0 Å². The summed E-state index contributed by atoms with van der Waals surface area (Å²) in [5.41, 5.74) is 0. The van der Waals surface area contributed by atoms with Crippen molar-refractivity contribution in [3.63, 3.8) is 0 Å². The van der Waals surface area contributed by atoms with E-state index in [4.69, 9.17) is 5.11 Å². The van der Waals surface area contributed by atoms with Gasteiger partial charge in [0.25, 0.3) is 0 Å². The number of urea groups is 1. The van der Waals surface area contributed by atoms with E-state index in [1.54, 1.807) is 21.1 Å². The normalized spacial score (nSPS) is 9.72. The monoisotopic (exact) mass is 259 g/mol. The lowest BCUT2D eigenvalue weighted by atomic mass is 10.3. The van der Waals surface area contributed by atoms with Gasteiger partial charge < -0.3 is 20.2 Å². The minimum absolute atomic E-state index is 0.0412. The molecule has 0 aromatic rings. The van der Waals surface area contributed by atoms with Crippen LogP contribution < -0.4 is 5.32 Å². The van der Waals surface area contributed by atoms with Gasteiger partial charge in [-0.2, -0.15) is 0 Å². The van der Waals surface area contributed by atoms with Crippen LogP contribution in [0.1, 0.15) is 19.3 Å². The molecule has 0 aliphatic heterocycles. The lowest BCUT2D eigenvalue weighted by molar-refractivity contribution is -0.137. The number of rotatable bonds is 7. The molecule has 7 heteroatoms. The van der Waals surface area contributed by atoms with Gasteiger partial charge in [-0.05, 0) is 6.42 Å². The van der Waals surface area contributed by atoms with Gasteiger partial charge in [-0.1, -0.05) is 0 Å². The molecule has 0 bridgehead atoms. The number of carboxylic acid groups (broad SMARTS) is 1. The molecule has 3 amide bonds. The number of aliphatic carboxylic acids is 1. The molecule has 0 radical (unpaired) electrons. The minimum Gasteiger partial charge on any atom is -0.481 e. The molecule has 18 heavy (non-hydrogen) atoms. The second-order valence-corrected chi connectivity index (χ2v) is 4.05. The number of carbonyl (C=O) groups is 3. The van der Waals surface area contributed by atoms with E-state index >= 15 is 0 Å². The maximum absolute atomic E-state index is 11.8. The zero-order valence-corrected chi connectivity index (χ0v) is 11.1. The molecule has 0 unspecified atom stereocenters. The van der Waals surface area contributed by atoms with Gasteiger partial charge in [-0.3, -0.25) is 9.59 Å². The van der Waals surface area contributed by atoms with Gasteiger partial charge >= 0.3 is 12.0 Å². The molecule has 0 aliphatic rings. The predicted molar refractivity (Wildman–Crippen MR) is 66.2 cm³/mol. The van der Waals surface area contributed by atoms with Crippen molar-refractivity contribution in [1.82, 2.24) is 15.1 Å². The summed E-state index contributed by atoms with van der Waals surface area (Å²) in [4.78, 5) is 36.0. The maximum Gasteiger partial charge on any atom is 0.319 e. The average Bonchev–Trinajstić information content (AvgIpc) is 2.33. The summed E-state index contributed by atoms with van der Waals surface area (Å²) >= 11 is 0. The molecule has 0 aromatic heterocycles. The van der Waals surface area contributed by atoms with Crippen molar-refractivity contribution in [2.24, 2.45) is 0 Å². The van der Waals surface area contributed by atoms with Crippen LogP contribution in [0.15, 0.2) is 0 Å². The van der Waals surface area contributed by atoms with Crippen molar-refractivity contribution in [2.45, 2.75) is 19.3 Å². The fourth-order valence-corrected chi connectivity index (χ4v) is 1.34. The zero-order valence-electron chi connectivity index (χ0n) is 11.1. The molecule has 104 valence electrons. The summed E-state index contributed by atoms with van der Waals surface area (Å²) in [5.74, 6) is -0.994. The van der Waals surface area contributed by atoms with Crippen LogP contribution in [0.25, 0.3) is 0 Å². The Bertz CT molecular complexity index is 307. The summed E-state index contributed by atoms with van der Waals surface area (Å²) in [6, 6.07) is -0.218. The highest BCUT2D eigenvalue weighted by atomic mass is 16.4. The summed E-state index contributed by atoms with van der Waals surface area (Å²) in [7, 11) is 4.77. The fraction of sp³-hybridized carbons (Fsp3) is 0.727. The van der Waals surface area contributed by atoms with Crippen LogP contribution >= 0.6 is 0 Å². The number of hydrogen-bond acceptors (Lipinski definition) is 3. The third kappa shape index (κ3) is 6.72. The van der Waals surface area contributed by atoms with E-state index < -0.39 is 5.97 Å². The first-order chi connectivity index (χ1) is 8.38. The van der Waals surface area contributed by atoms with E-state index in [9.17, 15) is 14.4 Å². The first-order valence-electron chi connectivity index (χ1n) is 5.77. The summed E-state index contributed by atoms with van der Waals surface area (Å²) in [6.07, 6.45) is 0.710. The standard InChI is InChI=1S/C11H21N3O4/c1-12-9(15)6-8-14(3)11(18)13(2)7-4-5-10(16)17/h4-8H2,1-3H3,(H,12,15)(H,16,17). The first-order valence-corrected chi connectivity index (χ1v) is 5.77. The van der Waals surface area contributed by atoms with E-state index in [1.165, 1.54) is 9.80 Å².